The van der Waals surface area contributed by atoms with Crippen LogP contribution in [0.15, 0.2) is 205 Å². The number of para-hydroxylation sites is 4. The summed E-state index contributed by atoms with van der Waals surface area (Å²) >= 11 is 1.86. The molecule has 0 fully saturated rings. The van der Waals surface area contributed by atoms with Crippen molar-refractivity contribution >= 4 is 97.1 Å². The van der Waals surface area contributed by atoms with Crippen molar-refractivity contribution in [3.8, 4) is 45.5 Å². The van der Waals surface area contributed by atoms with Gasteiger partial charge in [-0.2, -0.15) is 9.97 Å². The van der Waals surface area contributed by atoms with Gasteiger partial charge >= 0.3 is 0 Å². The van der Waals surface area contributed by atoms with Crippen LogP contribution in [0.4, 0.5) is 0 Å². The van der Waals surface area contributed by atoms with Gasteiger partial charge in [-0.05, 0) is 65.7 Å². The number of rotatable bonds is 5. The van der Waals surface area contributed by atoms with E-state index < -0.39 is 0 Å². The van der Waals surface area contributed by atoms with Crippen molar-refractivity contribution in [3.63, 3.8) is 0 Å². The fourth-order valence-corrected chi connectivity index (χ4v) is 11.3. The lowest BCUT2D eigenvalue weighted by Crippen LogP contribution is -2.08. The van der Waals surface area contributed by atoms with Gasteiger partial charge in [-0.3, -0.25) is 4.57 Å². The number of hydrogen-bond donors (Lipinski definition) is 0. The van der Waals surface area contributed by atoms with Crippen molar-refractivity contribution in [2.75, 3.05) is 0 Å². The Morgan fingerprint density at radius 1 is 0.391 bits per heavy atom. The minimum absolute atomic E-state index is 0.541. The maximum absolute atomic E-state index is 6.63. The van der Waals surface area contributed by atoms with E-state index >= 15 is 0 Å². The van der Waals surface area contributed by atoms with E-state index in [0.717, 1.165) is 77.0 Å². The quantitative estimate of drug-likeness (QED) is 0.173. The van der Waals surface area contributed by atoms with Gasteiger partial charge in [0.2, 0.25) is 5.95 Å². The third-order valence-electron chi connectivity index (χ3n) is 12.8. The predicted molar refractivity (Wildman–Crippen MR) is 265 cm³/mol. The zero-order chi connectivity index (χ0) is 41.9. The lowest BCUT2D eigenvalue weighted by Gasteiger charge is -2.16. The molecule has 0 amide bonds. The smallest absolute Gasteiger partial charge is 0.238 e. The number of furan rings is 1. The lowest BCUT2D eigenvalue weighted by atomic mass is 10.0. The molecule has 0 N–H and O–H groups in total. The standard InChI is InChI=1S/C57H33N5OS/c1-2-15-34(16-3-1)55-58-56(60-57(59-55)62-45-25-10-4-17-37(45)38-18-5-11-26-46(38)62)53-48(31-32-50-52(53)42-21-7-12-27-49(42)63-50)61-44-24-9-6-19-39(44)43-33-35(29-30-47(43)61)36-22-14-23-41-40-20-8-13-28-51(40)64-54(36)41/h1-33H. The molecule has 0 aliphatic heterocycles. The van der Waals surface area contributed by atoms with Crippen molar-refractivity contribution in [2.45, 2.75) is 0 Å². The summed E-state index contributed by atoms with van der Waals surface area (Å²) in [6.07, 6.45) is 0. The van der Waals surface area contributed by atoms with E-state index in [4.69, 9.17) is 19.4 Å². The Kier molecular flexibility index (Phi) is 7.46. The van der Waals surface area contributed by atoms with Gasteiger partial charge in [-0.15, -0.1) is 11.3 Å². The van der Waals surface area contributed by atoms with Crippen molar-refractivity contribution in [1.29, 1.82) is 0 Å². The second-order valence-corrected chi connectivity index (χ2v) is 17.4. The zero-order valence-electron chi connectivity index (χ0n) is 34.1. The number of thiophene rings is 1. The first-order valence-corrected chi connectivity index (χ1v) is 22.3. The van der Waals surface area contributed by atoms with Gasteiger partial charge in [0, 0.05) is 58.1 Å². The number of fused-ring (bicyclic) bond motifs is 12. The first kappa shape index (κ1) is 35.2. The highest BCUT2D eigenvalue weighted by Gasteiger charge is 2.26. The molecule has 0 aliphatic carbocycles. The molecule has 14 aromatic rings. The number of nitrogens with zero attached hydrogens (tertiary/aromatic N) is 5. The van der Waals surface area contributed by atoms with Crippen LogP contribution in [0.3, 0.4) is 0 Å². The summed E-state index contributed by atoms with van der Waals surface area (Å²) in [5.41, 5.74) is 10.9. The molecule has 14 rings (SSSR count). The topological polar surface area (TPSA) is 61.7 Å². The molecule has 0 bridgehead atoms. The molecule has 0 aliphatic rings. The van der Waals surface area contributed by atoms with Gasteiger partial charge in [0.25, 0.3) is 0 Å². The van der Waals surface area contributed by atoms with Gasteiger partial charge in [0.1, 0.15) is 11.2 Å². The van der Waals surface area contributed by atoms with E-state index in [1.807, 2.05) is 41.7 Å². The molecule has 0 spiro atoms. The van der Waals surface area contributed by atoms with Crippen LogP contribution in [-0.4, -0.2) is 24.1 Å². The fourth-order valence-electron chi connectivity index (χ4n) is 10.0. The SMILES string of the molecule is c1ccc(-c2nc(-c3c(-n4c5ccccc5c5cc(-c6cccc7c6sc6ccccc67)ccc54)ccc4oc5ccccc5c34)nc(-n3c4ccccc4c4ccccc43)n2)cc1. The van der Waals surface area contributed by atoms with E-state index in [2.05, 4.69) is 179 Å². The minimum atomic E-state index is 0.541. The zero-order valence-corrected chi connectivity index (χ0v) is 34.9. The maximum Gasteiger partial charge on any atom is 0.238 e. The highest BCUT2D eigenvalue weighted by Crippen LogP contribution is 2.45. The average Bonchev–Trinajstić information content (AvgIpc) is 4.11. The summed E-state index contributed by atoms with van der Waals surface area (Å²) in [4.78, 5) is 16.2. The Balaban J connectivity index is 1.08. The molecule has 6 nitrogen and oxygen atoms in total. The van der Waals surface area contributed by atoms with Gasteiger partial charge in [0.15, 0.2) is 11.6 Å². The van der Waals surface area contributed by atoms with Crippen molar-refractivity contribution in [3.05, 3.63) is 200 Å². The summed E-state index contributed by atoms with van der Waals surface area (Å²) in [6.45, 7) is 0. The van der Waals surface area contributed by atoms with E-state index in [9.17, 15) is 0 Å². The Hall–Kier alpha value is -8.39. The van der Waals surface area contributed by atoms with Crippen LogP contribution in [0.2, 0.25) is 0 Å². The van der Waals surface area contributed by atoms with Crippen LogP contribution in [0.5, 0.6) is 0 Å². The van der Waals surface area contributed by atoms with Crippen molar-refractivity contribution < 1.29 is 4.42 Å². The molecule has 5 aromatic heterocycles. The van der Waals surface area contributed by atoms with Gasteiger partial charge < -0.3 is 8.98 Å². The molecule has 0 saturated carbocycles. The van der Waals surface area contributed by atoms with Crippen LogP contribution in [0, 0.1) is 0 Å². The van der Waals surface area contributed by atoms with Crippen molar-refractivity contribution in [2.24, 2.45) is 0 Å². The number of aromatic nitrogens is 5. The van der Waals surface area contributed by atoms with Crippen LogP contribution < -0.4 is 0 Å². The normalized spacial score (nSPS) is 12.1. The Morgan fingerprint density at radius 3 is 1.78 bits per heavy atom. The summed E-state index contributed by atoms with van der Waals surface area (Å²) in [7, 11) is 0. The van der Waals surface area contributed by atoms with E-state index in [0.29, 0.717) is 17.6 Å². The van der Waals surface area contributed by atoms with Gasteiger partial charge in [-0.25, -0.2) is 4.98 Å². The van der Waals surface area contributed by atoms with E-state index in [1.165, 1.54) is 36.7 Å². The average molecular weight is 836 g/mol. The molecule has 0 radical (unpaired) electrons. The first-order valence-electron chi connectivity index (χ1n) is 21.4. The van der Waals surface area contributed by atoms with E-state index in [1.54, 1.807) is 0 Å². The molecule has 7 heteroatoms. The summed E-state index contributed by atoms with van der Waals surface area (Å²) < 4.78 is 13.8. The minimum Gasteiger partial charge on any atom is -0.456 e. The second-order valence-electron chi connectivity index (χ2n) is 16.3. The molecule has 64 heavy (non-hydrogen) atoms. The molecule has 0 unspecified atom stereocenters. The molecule has 5 heterocycles. The first-order chi connectivity index (χ1) is 31.7. The molecular weight excluding hydrogens is 803 g/mol. The molecule has 9 aromatic carbocycles. The Labute approximate surface area is 369 Å². The second kappa shape index (κ2) is 13.6. The predicted octanol–water partition coefficient (Wildman–Crippen LogP) is 15.3. The van der Waals surface area contributed by atoms with Crippen LogP contribution in [-0.2, 0) is 0 Å². The number of hydrogen-bond acceptors (Lipinski definition) is 5. The third-order valence-corrected chi connectivity index (χ3v) is 14.0. The van der Waals surface area contributed by atoms with Crippen LogP contribution >= 0.6 is 11.3 Å². The van der Waals surface area contributed by atoms with Crippen LogP contribution in [0.25, 0.3) is 131 Å². The summed E-state index contributed by atoms with van der Waals surface area (Å²) in [6, 6.07) is 70.7. The lowest BCUT2D eigenvalue weighted by molar-refractivity contribution is 0.669. The molecule has 0 saturated heterocycles. The Morgan fingerprint density at radius 2 is 1.00 bits per heavy atom. The van der Waals surface area contributed by atoms with Crippen LogP contribution in [0.1, 0.15) is 0 Å². The highest BCUT2D eigenvalue weighted by molar-refractivity contribution is 7.26. The summed E-state index contributed by atoms with van der Waals surface area (Å²) in [5.74, 6) is 1.68. The maximum atomic E-state index is 6.63. The molecule has 298 valence electrons. The Bertz CT molecular complexity index is 4160. The van der Waals surface area contributed by atoms with E-state index in [-0.39, 0.29) is 0 Å². The molecular formula is C57H33N5OS. The fraction of sp³-hybridized carbons (Fsp3) is 0. The highest BCUT2D eigenvalue weighted by atomic mass is 32.1. The van der Waals surface area contributed by atoms with Gasteiger partial charge in [0.05, 0.1) is 33.3 Å². The largest absolute Gasteiger partial charge is 0.456 e. The van der Waals surface area contributed by atoms with Crippen molar-refractivity contribution in [1.82, 2.24) is 24.1 Å². The number of benzene rings is 9. The summed E-state index contributed by atoms with van der Waals surface area (Å²) in [5, 5.41) is 9.14. The monoisotopic (exact) mass is 835 g/mol. The third kappa shape index (κ3) is 5.10. The van der Waals surface area contributed by atoms with Gasteiger partial charge in [-0.1, -0.05) is 146 Å². The molecule has 0 atom stereocenters.